The van der Waals surface area contributed by atoms with Crippen molar-refractivity contribution in [3.63, 3.8) is 0 Å². The molecule has 1 heterocycles. The van der Waals surface area contributed by atoms with Gasteiger partial charge in [0, 0.05) is 23.4 Å². The molecule has 4 atom stereocenters. The summed E-state index contributed by atoms with van der Waals surface area (Å²) in [6, 6.07) is 2.21. The molecule has 2 N–H and O–H groups in total. The lowest BCUT2D eigenvalue weighted by atomic mass is 9.93. The van der Waals surface area contributed by atoms with Crippen LogP contribution in [-0.2, 0) is 0 Å². The number of rotatable bonds is 5. The van der Waals surface area contributed by atoms with Crippen LogP contribution >= 0.6 is 11.8 Å². The first kappa shape index (κ1) is 14.7. The van der Waals surface area contributed by atoms with E-state index in [2.05, 4.69) is 35.6 Å². The average molecular weight is 270 g/mol. The molecule has 0 aromatic rings. The molecule has 2 rings (SSSR count). The van der Waals surface area contributed by atoms with Gasteiger partial charge in [-0.3, -0.25) is 0 Å². The van der Waals surface area contributed by atoms with Gasteiger partial charge in [-0.2, -0.15) is 11.8 Å². The number of hydrogen-bond donors (Lipinski definition) is 2. The summed E-state index contributed by atoms with van der Waals surface area (Å²) in [5.74, 6) is 0. The summed E-state index contributed by atoms with van der Waals surface area (Å²) in [6.45, 7) is 3.61. The van der Waals surface area contributed by atoms with Crippen molar-refractivity contribution in [2.24, 2.45) is 0 Å². The molecular weight excluding hydrogens is 240 g/mol. The van der Waals surface area contributed by atoms with E-state index in [9.17, 15) is 0 Å². The normalized spacial score (nSPS) is 35.3. The summed E-state index contributed by atoms with van der Waals surface area (Å²) in [4.78, 5) is 0. The zero-order chi connectivity index (χ0) is 12.8. The van der Waals surface area contributed by atoms with Gasteiger partial charge in [-0.1, -0.05) is 12.8 Å². The van der Waals surface area contributed by atoms with Gasteiger partial charge in [0.25, 0.3) is 0 Å². The lowest BCUT2D eigenvalue weighted by Gasteiger charge is -2.33. The summed E-state index contributed by atoms with van der Waals surface area (Å²) in [5.41, 5.74) is 0. The van der Waals surface area contributed by atoms with Crippen LogP contribution in [0.3, 0.4) is 0 Å². The zero-order valence-electron chi connectivity index (χ0n) is 12.1. The number of piperidine rings is 1. The Morgan fingerprint density at radius 2 is 2.11 bits per heavy atom. The summed E-state index contributed by atoms with van der Waals surface area (Å²) in [7, 11) is 0. The van der Waals surface area contributed by atoms with Crippen LogP contribution in [0.2, 0.25) is 0 Å². The van der Waals surface area contributed by atoms with Crippen molar-refractivity contribution in [2.45, 2.75) is 81.7 Å². The molecule has 0 amide bonds. The molecule has 0 aromatic carbocycles. The largest absolute Gasteiger partial charge is 0.314 e. The summed E-state index contributed by atoms with van der Waals surface area (Å²) >= 11 is 2.06. The lowest BCUT2D eigenvalue weighted by molar-refractivity contribution is 0.301. The lowest BCUT2D eigenvalue weighted by Crippen LogP contribution is -2.44. The minimum Gasteiger partial charge on any atom is -0.314 e. The Bertz CT molecular complexity index is 229. The summed E-state index contributed by atoms with van der Waals surface area (Å²) < 4.78 is 0. The zero-order valence-corrected chi connectivity index (χ0v) is 12.9. The molecule has 106 valence electrons. The Labute approximate surface area is 117 Å². The van der Waals surface area contributed by atoms with E-state index in [1.807, 2.05) is 0 Å². The second kappa shape index (κ2) is 7.76. The van der Waals surface area contributed by atoms with Crippen LogP contribution in [0.15, 0.2) is 0 Å². The van der Waals surface area contributed by atoms with E-state index in [1.165, 1.54) is 57.9 Å². The highest BCUT2D eigenvalue weighted by molar-refractivity contribution is 7.99. The van der Waals surface area contributed by atoms with Gasteiger partial charge < -0.3 is 10.6 Å². The Kier molecular flexibility index (Phi) is 6.33. The Hall–Kier alpha value is 0.270. The number of thioether (sulfide) groups is 1. The molecule has 1 saturated heterocycles. The van der Waals surface area contributed by atoms with Crippen LogP contribution in [0, 0.1) is 0 Å². The molecule has 0 aromatic heterocycles. The third-order valence-corrected chi connectivity index (χ3v) is 5.62. The maximum Gasteiger partial charge on any atom is 0.00817 e. The second-order valence-electron chi connectivity index (χ2n) is 6.17. The molecule has 4 unspecified atom stereocenters. The first-order valence-electron chi connectivity index (χ1n) is 7.80. The fourth-order valence-electron chi connectivity index (χ4n) is 3.53. The molecule has 2 nitrogen and oxygen atoms in total. The smallest absolute Gasteiger partial charge is 0.00817 e. The van der Waals surface area contributed by atoms with Gasteiger partial charge in [-0.25, -0.2) is 0 Å². The highest BCUT2D eigenvalue weighted by Crippen LogP contribution is 2.27. The molecule has 1 aliphatic heterocycles. The van der Waals surface area contributed by atoms with E-state index < -0.39 is 0 Å². The standard InChI is InChI=1S/C15H30N2S/c1-12(10-13-6-3-4-9-16-13)17-14-7-5-8-15(11-14)18-2/h12-17H,3-11H2,1-2H3. The summed E-state index contributed by atoms with van der Waals surface area (Å²) in [6.07, 6.45) is 13.4. The minimum atomic E-state index is 0.672. The number of hydrogen-bond acceptors (Lipinski definition) is 3. The first-order valence-corrected chi connectivity index (χ1v) is 9.09. The molecular formula is C15H30N2S. The van der Waals surface area contributed by atoms with Gasteiger partial charge in [0.1, 0.15) is 0 Å². The SMILES string of the molecule is CSC1CCCC(NC(C)CC2CCCCN2)C1. The topological polar surface area (TPSA) is 24.1 Å². The van der Waals surface area contributed by atoms with E-state index in [-0.39, 0.29) is 0 Å². The van der Waals surface area contributed by atoms with Crippen molar-refractivity contribution in [1.29, 1.82) is 0 Å². The molecule has 2 aliphatic rings. The minimum absolute atomic E-state index is 0.672. The average Bonchev–Trinajstić information content (AvgIpc) is 2.40. The first-order chi connectivity index (χ1) is 8.78. The maximum absolute atomic E-state index is 3.88. The molecule has 1 aliphatic carbocycles. The van der Waals surface area contributed by atoms with Gasteiger partial charge in [0.05, 0.1) is 0 Å². The number of nitrogens with one attached hydrogen (secondary N) is 2. The third kappa shape index (κ3) is 4.75. The molecule has 1 saturated carbocycles. The second-order valence-corrected chi connectivity index (χ2v) is 7.31. The fourth-order valence-corrected chi connectivity index (χ4v) is 4.36. The highest BCUT2D eigenvalue weighted by atomic mass is 32.2. The van der Waals surface area contributed by atoms with E-state index in [4.69, 9.17) is 0 Å². The van der Waals surface area contributed by atoms with Gasteiger partial charge in [-0.05, 0) is 58.2 Å². The molecule has 0 bridgehead atoms. The summed E-state index contributed by atoms with van der Waals surface area (Å²) in [5, 5.41) is 8.44. The Morgan fingerprint density at radius 3 is 2.83 bits per heavy atom. The van der Waals surface area contributed by atoms with Crippen molar-refractivity contribution in [3.05, 3.63) is 0 Å². The van der Waals surface area contributed by atoms with Crippen LogP contribution in [0.5, 0.6) is 0 Å². The van der Waals surface area contributed by atoms with Gasteiger partial charge in [-0.15, -0.1) is 0 Å². The van der Waals surface area contributed by atoms with Crippen LogP contribution in [0.4, 0.5) is 0 Å². The van der Waals surface area contributed by atoms with Crippen molar-refractivity contribution in [1.82, 2.24) is 10.6 Å². The predicted octanol–water partition coefficient (Wildman–Crippen LogP) is 3.17. The van der Waals surface area contributed by atoms with Crippen molar-refractivity contribution in [2.75, 3.05) is 12.8 Å². The van der Waals surface area contributed by atoms with Crippen LogP contribution in [0.25, 0.3) is 0 Å². The molecule has 18 heavy (non-hydrogen) atoms. The van der Waals surface area contributed by atoms with Crippen LogP contribution in [-0.4, -0.2) is 36.2 Å². The Morgan fingerprint density at radius 1 is 1.22 bits per heavy atom. The molecule has 0 radical (unpaired) electrons. The third-order valence-electron chi connectivity index (χ3n) is 4.53. The molecule has 2 fully saturated rings. The van der Waals surface area contributed by atoms with Crippen molar-refractivity contribution < 1.29 is 0 Å². The van der Waals surface area contributed by atoms with E-state index in [1.54, 1.807) is 0 Å². The van der Waals surface area contributed by atoms with Crippen molar-refractivity contribution >= 4 is 11.8 Å². The maximum atomic E-state index is 3.88. The van der Waals surface area contributed by atoms with Gasteiger partial charge in [0.15, 0.2) is 0 Å². The van der Waals surface area contributed by atoms with Gasteiger partial charge in [0.2, 0.25) is 0 Å². The van der Waals surface area contributed by atoms with E-state index >= 15 is 0 Å². The van der Waals surface area contributed by atoms with Gasteiger partial charge >= 0.3 is 0 Å². The van der Waals surface area contributed by atoms with E-state index in [0.29, 0.717) is 6.04 Å². The van der Waals surface area contributed by atoms with Crippen LogP contribution < -0.4 is 10.6 Å². The highest BCUT2D eigenvalue weighted by Gasteiger charge is 2.23. The van der Waals surface area contributed by atoms with Crippen LogP contribution in [0.1, 0.15) is 58.3 Å². The quantitative estimate of drug-likeness (QED) is 0.802. The fraction of sp³-hybridized carbons (Fsp3) is 1.00. The molecule has 3 heteroatoms. The Balaban J connectivity index is 1.67. The van der Waals surface area contributed by atoms with Crippen molar-refractivity contribution in [3.8, 4) is 0 Å². The predicted molar refractivity (Wildman–Crippen MR) is 82.4 cm³/mol. The molecule has 0 spiro atoms. The van der Waals surface area contributed by atoms with E-state index in [0.717, 1.165) is 17.3 Å². The monoisotopic (exact) mass is 270 g/mol.